The van der Waals surface area contributed by atoms with E-state index in [0.29, 0.717) is 12.8 Å². The summed E-state index contributed by atoms with van der Waals surface area (Å²) in [4.78, 5) is 26.3. The van der Waals surface area contributed by atoms with Gasteiger partial charge >= 0.3 is 7.12 Å². The third-order valence-corrected chi connectivity index (χ3v) is 4.58. The number of nitrogens with zero attached hydrogens (tertiary/aromatic N) is 1. The monoisotopic (exact) mass is 364 g/mol. The van der Waals surface area contributed by atoms with Gasteiger partial charge in [0.25, 0.3) is 0 Å². The normalized spacial score (nSPS) is 17.6. The number of benzene rings is 1. The van der Waals surface area contributed by atoms with Crippen LogP contribution < -0.4 is 10.2 Å². The number of nitrogens with one attached hydrogen (secondary N) is 1. The molecule has 0 aromatic heterocycles. The number of Topliss-reactive ketones (excluding diaryl/α,β-unsaturated/α-hetero) is 1. The Bertz CT molecular complexity index is 624. The number of rotatable bonds is 9. The van der Waals surface area contributed by atoms with Crippen LogP contribution in [0.2, 0.25) is 0 Å². The third-order valence-electron chi connectivity index (χ3n) is 4.58. The molecule has 1 heterocycles. The molecule has 1 amide bonds. The Morgan fingerprint density at radius 1 is 1.27 bits per heavy atom. The molecule has 6 nitrogen and oxygen atoms in total. The van der Waals surface area contributed by atoms with Crippen molar-refractivity contribution >= 4 is 24.5 Å². The van der Waals surface area contributed by atoms with E-state index in [2.05, 4.69) is 5.32 Å². The molecule has 1 aromatic carbocycles. The minimum absolute atomic E-state index is 0.00784. The highest BCUT2D eigenvalue weighted by Gasteiger charge is 2.34. The van der Waals surface area contributed by atoms with Crippen molar-refractivity contribution in [2.75, 3.05) is 11.4 Å². The summed E-state index contributed by atoms with van der Waals surface area (Å²) >= 11 is 0. The molecule has 3 N–H and O–H groups in total. The third kappa shape index (κ3) is 5.54. The van der Waals surface area contributed by atoms with Crippen LogP contribution >= 0.6 is 0 Å². The SMILES string of the molecule is CC(C)C[C@H](NC(=O)CCC(=O)[C@@H]1CCN1c1ccc(F)cc1)B(O)O. The number of ketones is 1. The van der Waals surface area contributed by atoms with Gasteiger partial charge in [0.15, 0.2) is 5.78 Å². The van der Waals surface area contributed by atoms with Gasteiger partial charge in [-0.05, 0) is 43.0 Å². The summed E-state index contributed by atoms with van der Waals surface area (Å²) in [6, 6.07) is 5.71. The van der Waals surface area contributed by atoms with Gasteiger partial charge in [-0.2, -0.15) is 0 Å². The van der Waals surface area contributed by atoms with E-state index in [9.17, 15) is 24.0 Å². The molecule has 1 aromatic rings. The summed E-state index contributed by atoms with van der Waals surface area (Å²) in [5.41, 5.74) is 0.792. The number of carbonyl (C=O) groups excluding carboxylic acids is 2. The second-order valence-corrected chi connectivity index (χ2v) is 7.16. The van der Waals surface area contributed by atoms with Crippen molar-refractivity contribution in [3.63, 3.8) is 0 Å². The molecule has 2 atom stereocenters. The Labute approximate surface area is 153 Å². The minimum atomic E-state index is -1.63. The van der Waals surface area contributed by atoms with Crippen LogP contribution in [0.25, 0.3) is 0 Å². The topological polar surface area (TPSA) is 89.9 Å². The number of hydrogen-bond donors (Lipinski definition) is 3. The molecule has 26 heavy (non-hydrogen) atoms. The fourth-order valence-electron chi connectivity index (χ4n) is 3.11. The second kappa shape index (κ2) is 9.14. The maximum absolute atomic E-state index is 13.0. The molecule has 1 fully saturated rings. The van der Waals surface area contributed by atoms with Crippen LogP contribution in [0.4, 0.5) is 10.1 Å². The van der Waals surface area contributed by atoms with E-state index in [1.165, 1.54) is 12.1 Å². The first-order valence-corrected chi connectivity index (χ1v) is 8.98. The van der Waals surface area contributed by atoms with Gasteiger partial charge in [-0.3, -0.25) is 9.59 Å². The van der Waals surface area contributed by atoms with Crippen molar-refractivity contribution < 1.29 is 24.0 Å². The molecule has 2 rings (SSSR count). The molecule has 0 spiro atoms. The van der Waals surface area contributed by atoms with E-state index in [1.54, 1.807) is 12.1 Å². The van der Waals surface area contributed by atoms with E-state index < -0.39 is 13.1 Å². The molecule has 0 aliphatic carbocycles. The lowest BCUT2D eigenvalue weighted by molar-refractivity contribution is -0.126. The quantitative estimate of drug-likeness (QED) is 0.575. The summed E-state index contributed by atoms with van der Waals surface area (Å²) in [7, 11) is -1.63. The van der Waals surface area contributed by atoms with Gasteiger partial charge in [-0.25, -0.2) is 4.39 Å². The van der Waals surface area contributed by atoms with Crippen LogP contribution in [0.1, 0.15) is 39.5 Å². The molecule has 1 saturated heterocycles. The lowest BCUT2D eigenvalue weighted by Gasteiger charge is -2.41. The molecule has 8 heteroatoms. The molecule has 1 aliphatic heterocycles. The second-order valence-electron chi connectivity index (χ2n) is 7.16. The van der Waals surface area contributed by atoms with E-state index in [4.69, 9.17) is 0 Å². The number of hydrogen-bond acceptors (Lipinski definition) is 5. The molecule has 142 valence electrons. The Morgan fingerprint density at radius 3 is 2.42 bits per heavy atom. The van der Waals surface area contributed by atoms with E-state index >= 15 is 0 Å². The van der Waals surface area contributed by atoms with E-state index in [-0.39, 0.29) is 42.3 Å². The fourth-order valence-corrected chi connectivity index (χ4v) is 3.11. The van der Waals surface area contributed by atoms with E-state index in [0.717, 1.165) is 12.2 Å². The van der Waals surface area contributed by atoms with Crippen LogP contribution in [0, 0.1) is 11.7 Å². The van der Waals surface area contributed by atoms with Gasteiger partial charge in [-0.1, -0.05) is 13.8 Å². The van der Waals surface area contributed by atoms with Gasteiger partial charge in [0.2, 0.25) is 5.91 Å². The maximum atomic E-state index is 13.0. The first-order chi connectivity index (χ1) is 12.3. The van der Waals surface area contributed by atoms with Crippen molar-refractivity contribution in [2.24, 2.45) is 5.92 Å². The molecule has 0 bridgehead atoms. The number of anilines is 1. The predicted octanol–water partition coefficient (Wildman–Crippen LogP) is 1.30. The van der Waals surface area contributed by atoms with Gasteiger partial charge in [0, 0.05) is 25.1 Å². The largest absolute Gasteiger partial charge is 0.475 e. The Balaban J connectivity index is 1.82. The highest BCUT2D eigenvalue weighted by molar-refractivity contribution is 6.43. The van der Waals surface area contributed by atoms with Crippen LogP contribution in [0.15, 0.2) is 24.3 Å². The standard InChI is InChI=1S/C18H26BFN2O4/c1-12(2)11-17(19(25)26)21-18(24)8-7-16(23)15-9-10-22(15)14-5-3-13(20)4-6-14/h3-6,12,15,17,25-26H,7-11H2,1-2H3,(H,21,24)/t15-,17-/m0/s1. The van der Waals surface area contributed by atoms with Crippen molar-refractivity contribution in [1.82, 2.24) is 5.32 Å². The smallest absolute Gasteiger partial charge is 0.426 e. The summed E-state index contributed by atoms with van der Waals surface area (Å²) < 4.78 is 13.0. The molecule has 0 radical (unpaired) electrons. The van der Waals surface area contributed by atoms with Gasteiger partial charge in [-0.15, -0.1) is 0 Å². The zero-order chi connectivity index (χ0) is 19.3. The Kier molecular flexibility index (Phi) is 7.17. The van der Waals surface area contributed by atoms with Crippen LogP contribution in [0.5, 0.6) is 0 Å². The maximum Gasteiger partial charge on any atom is 0.475 e. The average Bonchev–Trinajstić information content (AvgIpc) is 2.53. The molecular weight excluding hydrogens is 338 g/mol. The summed E-state index contributed by atoms with van der Waals surface area (Å²) in [6.45, 7) is 4.57. The van der Waals surface area contributed by atoms with Gasteiger partial charge in [0.1, 0.15) is 5.82 Å². The summed E-state index contributed by atoms with van der Waals surface area (Å²) in [5.74, 6) is -1.28. The van der Waals surface area contributed by atoms with Gasteiger partial charge < -0.3 is 20.3 Å². The predicted molar refractivity (Wildman–Crippen MR) is 98.0 cm³/mol. The number of carbonyl (C=O) groups is 2. The van der Waals surface area contributed by atoms with Gasteiger partial charge in [0.05, 0.1) is 12.0 Å². The fraction of sp³-hybridized carbons (Fsp3) is 0.556. The van der Waals surface area contributed by atoms with Crippen molar-refractivity contribution in [2.45, 2.75) is 51.5 Å². The van der Waals surface area contributed by atoms with Crippen LogP contribution in [-0.2, 0) is 9.59 Å². The van der Waals surface area contributed by atoms with Crippen LogP contribution in [-0.4, -0.2) is 47.4 Å². The summed E-state index contributed by atoms with van der Waals surface area (Å²) in [5, 5.41) is 21.3. The lowest BCUT2D eigenvalue weighted by atomic mass is 9.75. The Morgan fingerprint density at radius 2 is 1.92 bits per heavy atom. The Hall–Kier alpha value is -1.93. The zero-order valence-corrected chi connectivity index (χ0v) is 15.2. The number of halogens is 1. The molecule has 0 unspecified atom stereocenters. The minimum Gasteiger partial charge on any atom is -0.426 e. The summed E-state index contributed by atoms with van der Waals surface area (Å²) in [6.07, 6.45) is 1.25. The van der Waals surface area contributed by atoms with E-state index in [1.807, 2.05) is 18.7 Å². The van der Waals surface area contributed by atoms with Crippen molar-refractivity contribution in [3.8, 4) is 0 Å². The zero-order valence-electron chi connectivity index (χ0n) is 15.2. The van der Waals surface area contributed by atoms with Crippen molar-refractivity contribution in [1.29, 1.82) is 0 Å². The molecular formula is C18H26BFN2O4. The lowest BCUT2D eigenvalue weighted by Crippen LogP contribution is -2.53. The van der Waals surface area contributed by atoms with Crippen molar-refractivity contribution in [3.05, 3.63) is 30.1 Å². The first kappa shape index (κ1) is 20.4. The molecule has 0 saturated carbocycles. The first-order valence-electron chi connectivity index (χ1n) is 8.98. The molecule has 1 aliphatic rings. The highest BCUT2D eigenvalue weighted by atomic mass is 19.1. The van der Waals surface area contributed by atoms with Crippen LogP contribution in [0.3, 0.4) is 0 Å². The number of amides is 1. The highest BCUT2D eigenvalue weighted by Crippen LogP contribution is 2.28. The average molecular weight is 364 g/mol.